The highest BCUT2D eigenvalue weighted by atomic mass is 35.5. The van der Waals surface area contributed by atoms with Crippen LogP contribution in [0.3, 0.4) is 0 Å². The Kier molecular flexibility index (Phi) is 2.72. The Balaban J connectivity index is 2.77. The van der Waals surface area contributed by atoms with Crippen LogP contribution in [-0.4, -0.2) is 7.05 Å². The molecule has 1 nitrogen and oxygen atoms in total. The van der Waals surface area contributed by atoms with Gasteiger partial charge < -0.3 is 5.32 Å². The van der Waals surface area contributed by atoms with Crippen LogP contribution in [0.2, 0.25) is 5.02 Å². The Morgan fingerprint density at radius 2 is 2.40 bits per heavy atom. The van der Waals surface area contributed by atoms with Gasteiger partial charge in [-0.25, -0.2) is 0 Å². The van der Waals surface area contributed by atoms with Gasteiger partial charge in [-0.05, 0) is 20.0 Å². The summed E-state index contributed by atoms with van der Waals surface area (Å²) >= 11 is 7.59. The van der Waals surface area contributed by atoms with Gasteiger partial charge in [-0.2, -0.15) is 0 Å². The summed E-state index contributed by atoms with van der Waals surface area (Å²) in [6.07, 6.45) is 0. The summed E-state index contributed by atoms with van der Waals surface area (Å²) < 4.78 is 0. The van der Waals surface area contributed by atoms with Crippen molar-refractivity contribution in [2.24, 2.45) is 0 Å². The molecule has 3 heteroatoms. The molecule has 0 radical (unpaired) electrons. The second kappa shape index (κ2) is 3.37. The fraction of sp³-hybridized carbons (Fsp3) is 0.429. The van der Waals surface area contributed by atoms with Crippen molar-refractivity contribution in [3.8, 4) is 0 Å². The van der Waals surface area contributed by atoms with E-state index in [1.54, 1.807) is 11.3 Å². The highest BCUT2D eigenvalue weighted by molar-refractivity contribution is 7.12. The van der Waals surface area contributed by atoms with Crippen molar-refractivity contribution in [1.82, 2.24) is 5.32 Å². The van der Waals surface area contributed by atoms with E-state index in [4.69, 9.17) is 11.6 Å². The van der Waals surface area contributed by atoms with Crippen LogP contribution in [0, 0.1) is 6.92 Å². The summed E-state index contributed by atoms with van der Waals surface area (Å²) in [5.74, 6) is 0. The highest BCUT2D eigenvalue weighted by Crippen LogP contribution is 2.25. The topological polar surface area (TPSA) is 12.0 Å². The van der Waals surface area contributed by atoms with Crippen molar-refractivity contribution >= 4 is 22.9 Å². The normalized spacial score (nSPS) is 10.3. The molecular weight excluding hydrogens is 166 g/mol. The molecule has 1 heterocycles. The van der Waals surface area contributed by atoms with Gasteiger partial charge in [-0.3, -0.25) is 0 Å². The van der Waals surface area contributed by atoms with Crippen LogP contribution in [0.5, 0.6) is 0 Å². The Bertz CT molecular complexity index is 200. The third kappa shape index (κ3) is 1.72. The third-order valence-electron chi connectivity index (χ3n) is 1.26. The molecule has 0 aliphatic carbocycles. The monoisotopic (exact) mass is 175 g/mol. The van der Waals surface area contributed by atoms with Gasteiger partial charge in [0.15, 0.2) is 0 Å². The predicted octanol–water partition coefficient (Wildman–Crippen LogP) is 2.43. The predicted molar refractivity (Wildman–Crippen MR) is 46.8 cm³/mol. The minimum absolute atomic E-state index is 0.884. The second-order valence-corrected chi connectivity index (χ2v) is 3.90. The number of thiophene rings is 1. The molecule has 1 rings (SSSR count). The molecule has 0 saturated carbocycles. The standard InChI is InChI=1S/C7H10ClNS/c1-5-7(8)3-6(10-5)4-9-2/h3,9H,4H2,1-2H3. The van der Waals surface area contributed by atoms with E-state index < -0.39 is 0 Å². The van der Waals surface area contributed by atoms with Gasteiger partial charge in [0.25, 0.3) is 0 Å². The average Bonchev–Trinajstić information content (AvgIpc) is 2.14. The van der Waals surface area contributed by atoms with Crippen molar-refractivity contribution in [3.05, 3.63) is 20.8 Å². The first kappa shape index (κ1) is 8.05. The summed E-state index contributed by atoms with van der Waals surface area (Å²) in [7, 11) is 1.93. The number of hydrogen-bond acceptors (Lipinski definition) is 2. The highest BCUT2D eigenvalue weighted by Gasteiger charge is 2.00. The minimum atomic E-state index is 0.884. The average molecular weight is 176 g/mol. The Labute approximate surface area is 70.0 Å². The second-order valence-electron chi connectivity index (χ2n) is 2.15. The van der Waals surface area contributed by atoms with Gasteiger partial charge >= 0.3 is 0 Å². The van der Waals surface area contributed by atoms with E-state index in [0.29, 0.717) is 0 Å². The third-order valence-corrected chi connectivity index (χ3v) is 2.81. The van der Waals surface area contributed by atoms with Crippen molar-refractivity contribution in [2.45, 2.75) is 13.5 Å². The van der Waals surface area contributed by atoms with Gasteiger partial charge in [-0.1, -0.05) is 11.6 Å². The zero-order chi connectivity index (χ0) is 7.56. The molecule has 0 spiro atoms. The lowest BCUT2D eigenvalue weighted by atomic mass is 10.4. The van der Waals surface area contributed by atoms with Crippen molar-refractivity contribution < 1.29 is 0 Å². The molecule has 0 aliphatic rings. The van der Waals surface area contributed by atoms with Crippen molar-refractivity contribution in [2.75, 3.05) is 7.05 Å². The van der Waals surface area contributed by atoms with Crippen molar-refractivity contribution in [3.63, 3.8) is 0 Å². The van der Waals surface area contributed by atoms with Crippen LogP contribution < -0.4 is 5.32 Å². The lowest BCUT2D eigenvalue weighted by molar-refractivity contribution is 0.831. The fourth-order valence-corrected chi connectivity index (χ4v) is 2.03. The van der Waals surface area contributed by atoms with Gasteiger partial charge in [0.05, 0.1) is 5.02 Å². The molecule has 0 bridgehead atoms. The molecule has 0 amide bonds. The van der Waals surface area contributed by atoms with Crippen LogP contribution in [0.4, 0.5) is 0 Å². The summed E-state index contributed by atoms with van der Waals surface area (Å²) in [6, 6.07) is 2.01. The van der Waals surface area contributed by atoms with Crippen LogP contribution >= 0.6 is 22.9 Å². The maximum atomic E-state index is 5.85. The molecule has 1 N–H and O–H groups in total. The number of halogens is 1. The molecule has 1 aromatic rings. The van der Waals surface area contributed by atoms with Gasteiger partial charge in [0, 0.05) is 16.3 Å². The molecular formula is C7H10ClNS. The smallest absolute Gasteiger partial charge is 0.0545 e. The summed E-state index contributed by atoms with van der Waals surface area (Å²) in [6.45, 7) is 2.95. The first-order chi connectivity index (χ1) is 4.74. The van der Waals surface area contributed by atoms with Crippen LogP contribution in [-0.2, 0) is 6.54 Å². The fourth-order valence-electron chi connectivity index (χ4n) is 0.779. The molecule has 10 heavy (non-hydrogen) atoms. The number of hydrogen-bond donors (Lipinski definition) is 1. The van der Waals surface area contributed by atoms with Gasteiger partial charge in [-0.15, -0.1) is 11.3 Å². The lowest BCUT2D eigenvalue weighted by Gasteiger charge is -1.89. The van der Waals surface area contributed by atoms with Crippen LogP contribution in [0.25, 0.3) is 0 Å². The maximum absolute atomic E-state index is 5.85. The summed E-state index contributed by atoms with van der Waals surface area (Å²) in [5.41, 5.74) is 0. The van der Waals surface area contributed by atoms with E-state index in [-0.39, 0.29) is 0 Å². The first-order valence-electron chi connectivity index (χ1n) is 3.13. The molecule has 1 aromatic heterocycles. The molecule has 56 valence electrons. The van der Waals surface area contributed by atoms with Crippen LogP contribution in [0.15, 0.2) is 6.07 Å². The van der Waals surface area contributed by atoms with E-state index in [0.717, 1.165) is 11.6 Å². The van der Waals surface area contributed by atoms with E-state index in [1.807, 2.05) is 20.0 Å². The van der Waals surface area contributed by atoms with E-state index in [2.05, 4.69) is 5.32 Å². The zero-order valence-electron chi connectivity index (χ0n) is 6.07. The number of nitrogens with one attached hydrogen (secondary N) is 1. The minimum Gasteiger partial charge on any atom is -0.315 e. The van der Waals surface area contributed by atoms with Crippen LogP contribution in [0.1, 0.15) is 9.75 Å². The summed E-state index contributed by atoms with van der Waals surface area (Å²) in [5, 5.41) is 3.96. The number of aryl methyl sites for hydroxylation is 1. The van der Waals surface area contributed by atoms with Crippen molar-refractivity contribution in [1.29, 1.82) is 0 Å². The van der Waals surface area contributed by atoms with E-state index >= 15 is 0 Å². The molecule has 0 fully saturated rings. The van der Waals surface area contributed by atoms with Gasteiger partial charge in [0.1, 0.15) is 0 Å². The summed E-state index contributed by atoms with van der Waals surface area (Å²) in [4.78, 5) is 2.50. The number of rotatable bonds is 2. The SMILES string of the molecule is CNCc1cc(Cl)c(C)s1. The molecule has 0 aromatic carbocycles. The molecule has 0 saturated heterocycles. The lowest BCUT2D eigenvalue weighted by Crippen LogP contribution is -2.02. The largest absolute Gasteiger partial charge is 0.315 e. The Morgan fingerprint density at radius 3 is 2.80 bits per heavy atom. The Morgan fingerprint density at radius 1 is 1.70 bits per heavy atom. The molecule has 0 unspecified atom stereocenters. The zero-order valence-corrected chi connectivity index (χ0v) is 7.64. The molecule has 0 atom stereocenters. The molecule has 0 aliphatic heterocycles. The first-order valence-corrected chi connectivity index (χ1v) is 4.33. The maximum Gasteiger partial charge on any atom is 0.0545 e. The van der Waals surface area contributed by atoms with E-state index in [1.165, 1.54) is 9.75 Å². The van der Waals surface area contributed by atoms with E-state index in [9.17, 15) is 0 Å². The Hall–Kier alpha value is -0.0500. The van der Waals surface area contributed by atoms with Gasteiger partial charge in [0.2, 0.25) is 0 Å². The quantitative estimate of drug-likeness (QED) is 0.728.